The van der Waals surface area contributed by atoms with Gasteiger partial charge in [0.15, 0.2) is 17.4 Å². The van der Waals surface area contributed by atoms with Crippen molar-refractivity contribution in [2.24, 2.45) is 11.8 Å². The molecule has 3 atom stereocenters. The Kier molecular flexibility index (Phi) is 4.82. The zero-order valence-corrected chi connectivity index (χ0v) is 12.8. The molecular weight excluding hydrogens is 314 g/mol. The Morgan fingerprint density at radius 1 is 1.16 bits per heavy atom. The summed E-state index contributed by atoms with van der Waals surface area (Å²) in [4.78, 5) is 0. The van der Waals surface area contributed by atoms with Gasteiger partial charge in [-0.15, -0.1) is 0 Å². The molecule has 1 aliphatic carbocycles. The molecule has 0 saturated heterocycles. The van der Waals surface area contributed by atoms with Gasteiger partial charge < -0.3 is 4.74 Å². The number of ether oxygens (including phenoxy) is 1. The second kappa shape index (κ2) is 6.21. The van der Waals surface area contributed by atoms with Crippen molar-refractivity contribution < 1.29 is 13.5 Å². The summed E-state index contributed by atoms with van der Waals surface area (Å²) in [6, 6.07) is 2.64. The number of benzene rings is 1. The van der Waals surface area contributed by atoms with Crippen molar-refractivity contribution >= 4 is 15.9 Å². The molecule has 0 aromatic heterocycles. The summed E-state index contributed by atoms with van der Waals surface area (Å²) in [5.41, 5.74) is 0.577. The molecule has 1 aromatic rings. The van der Waals surface area contributed by atoms with Crippen molar-refractivity contribution in [1.82, 2.24) is 0 Å². The van der Waals surface area contributed by atoms with E-state index in [1.165, 1.54) is 12.1 Å². The molecule has 106 valence electrons. The van der Waals surface area contributed by atoms with Gasteiger partial charge in [0.1, 0.15) is 0 Å². The van der Waals surface area contributed by atoms with Crippen LogP contribution < -0.4 is 4.74 Å². The minimum Gasteiger partial charge on any atom is -0.484 e. The van der Waals surface area contributed by atoms with Crippen LogP contribution in [0.2, 0.25) is 0 Å². The van der Waals surface area contributed by atoms with Gasteiger partial charge >= 0.3 is 0 Å². The van der Waals surface area contributed by atoms with Crippen molar-refractivity contribution in [3.63, 3.8) is 0 Å². The normalized spacial score (nSPS) is 27.3. The lowest BCUT2D eigenvalue weighted by Crippen LogP contribution is -2.29. The third-order valence-electron chi connectivity index (χ3n) is 4.05. The summed E-state index contributed by atoms with van der Waals surface area (Å²) in [6.07, 6.45) is 2.70. The van der Waals surface area contributed by atoms with E-state index in [4.69, 9.17) is 4.74 Å². The average molecular weight is 333 g/mol. The first kappa shape index (κ1) is 14.8. The Morgan fingerprint density at radius 3 is 2.32 bits per heavy atom. The van der Waals surface area contributed by atoms with Crippen LogP contribution in [0, 0.1) is 23.5 Å². The van der Waals surface area contributed by atoms with E-state index >= 15 is 0 Å². The van der Waals surface area contributed by atoms with Gasteiger partial charge in [-0.2, -0.15) is 0 Å². The predicted molar refractivity (Wildman–Crippen MR) is 75.6 cm³/mol. The van der Waals surface area contributed by atoms with Crippen LogP contribution in [0.5, 0.6) is 5.75 Å². The molecule has 19 heavy (non-hydrogen) atoms. The third-order valence-corrected chi connectivity index (χ3v) is 4.69. The molecular formula is C15H19BrF2O. The average Bonchev–Trinajstić information content (AvgIpc) is 2.37. The molecule has 1 aliphatic rings. The molecule has 1 saturated carbocycles. The highest BCUT2D eigenvalue weighted by Gasteiger charge is 2.27. The summed E-state index contributed by atoms with van der Waals surface area (Å²) in [5.74, 6) is -0.255. The van der Waals surface area contributed by atoms with Gasteiger partial charge in [0.05, 0.1) is 6.10 Å². The number of alkyl halides is 1. The van der Waals surface area contributed by atoms with Crippen LogP contribution in [0.25, 0.3) is 0 Å². The first-order valence-electron chi connectivity index (χ1n) is 6.71. The standard InChI is InChI=1S/C15H19BrF2O/c1-9-3-4-12(5-10(9)2)19-15-13(17)6-11(8-16)7-14(15)18/h6-7,9-10,12H,3-5,8H2,1-2H3. The van der Waals surface area contributed by atoms with Crippen molar-refractivity contribution in [1.29, 1.82) is 0 Å². The minimum absolute atomic E-state index is 0.0787. The number of hydrogen-bond acceptors (Lipinski definition) is 1. The van der Waals surface area contributed by atoms with Crippen LogP contribution in [0.4, 0.5) is 8.78 Å². The van der Waals surface area contributed by atoms with E-state index in [1.807, 2.05) is 0 Å². The van der Waals surface area contributed by atoms with Gasteiger partial charge in [0.2, 0.25) is 0 Å². The molecule has 0 heterocycles. The van der Waals surface area contributed by atoms with Gasteiger partial charge in [-0.25, -0.2) is 8.78 Å². The molecule has 0 bridgehead atoms. The predicted octanol–water partition coefficient (Wildman–Crippen LogP) is 5.06. The summed E-state index contributed by atoms with van der Waals surface area (Å²) < 4.78 is 33.3. The van der Waals surface area contributed by atoms with Crippen molar-refractivity contribution in [2.75, 3.05) is 0 Å². The quantitative estimate of drug-likeness (QED) is 0.702. The Bertz CT molecular complexity index is 427. The van der Waals surface area contributed by atoms with Crippen LogP contribution in [0.1, 0.15) is 38.7 Å². The number of rotatable bonds is 3. The van der Waals surface area contributed by atoms with Gasteiger partial charge in [0.25, 0.3) is 0 Å². The van der Waals surface area contributed by atoms with Crippen LogP contribution in [-0.2, 0) is 5.33 Å². The molecule has 0 radical (unpaired) electrons. The topological polar surface area (TPSA) is 9.23 Å². The van der Waals surface area contributed by atoms with E-state index in [-0.39, 0.29) is 11.9 Å². The maximum atomic E-state index is 13.8. The first-order valence-corrected chi connectivity index (χ1v) is 7.84. The lowest BCUT2D eigenvalue weighted by Gasteiger charge is -2.32. The highest BCUT2D eigenvalue weighted by atomic mass is 79.9. The number of hydrogen-bond donors (Lipinski definition) is 0. The summed E-state index contributed by atoms with van der Waals surface area (Å²) in [6.45, 7) is 4.38. The zero-order valence-electron chi connectivity index (χ0n) is 11.3. The molecule has 1 nitrogen and oxygen atoms in total. The van der Waals surface area contributed by atoms with Crippen molar-refractivity contribution in [3.8, 4) is 5.75 Å². The fraction of sp³-hybridized carbons (Fsp3) is 0.600. The summed E-state index contributed by atoms with van der Waals surface area (Å²) in [7, 11) is 0. The molecule has 1 fully saturated rings. The van der Waals surface area contributed by atoms with E-state index < -0.39 is 11.6 Å². The summed E-state index contributed by atoms with van der Waals surface area (Å²) in [5, 5.41) is 0.430. The van der Waals surface area contributed by atoms with Crippen LogP contribution >= 0.6 is 15.9 Å². The van der Waals surface area contributed by atoms with E-state index in [1.54, 1.807) is 0 Å². The van der Waals surface area contributed by atoms with Gasteiger partial charge in [-0.3, -0.25) is 0 Å². The lowest BCUT2D eigenvalue weighted by molar-refractivity contribution is 0.0926. The van der Waals surface area contributed by atoms with Gasteiger partial charge in [-0.1, -0.05) is 29.8 Å². The largest absolute Gasteiger partial charge is 0.484 e. The number of halogens is 3. The molecule has 0 aliphatic heterocycles. The maximum absolute atomic E-state index is 13.8. The smallest absolute Gasteiger partial charge is 0.191 e. The Balaban J connectivity index is 2.11. The minimum atomic E-state index is -0.610. The SMILES string of the molecule is CC1CCC(Oc2c(F)cc(CBr)cc2F)CC1C. The molecule has 2 rings (SSSR count). The van der Waals surface area contributed by atoms with Crippen molar-refractivity contribution in [3.05, 3.63) is 29.3 Å². The third kappa shape index (κ3) is 3.47. The Labute approximate surface area is 121 Å². The van der Waals surface area contributed by atoms with Gasteiger partial charge in [-0.05, 0) is 48.8 Å². The molecule has 3 unspecified atom stereocenters. The lowest BCUT2D eigenvalue weighted by atomic mass is 9.80. The van der Waals surface area contributed by atoms with Crippen LogP contribution in [-0.4, -0.2) is 6.10 Å². The molecule has 0 N–H and O–H groups in total. The monoisotopic (exact) mass is 332 g/mol. The molecule has 0 amide bonds. The second-order valence-electron chi connectivity index (χ2n) is 5.53. The summed E-state index contributed by atoms with van der Waals surface area (Å²) >= 11 is 3.19. The zero-order chi connectivity index (χ0) is 14.0. The first-order chi connectivity index (χ1) is 9.01. The molecule has 1 aromatic carbocycles. The van der Waals surface area contributed by atoms with E-state index in [0.29, 0.717) is 22.7 Å². The molecule has 4 heteroatoms. The maximum Gasteiger partial charge on any atom is 0.191 e. The fourth-order valence-electron chi connectivity index (χ4n) is 2.57. The Hall–Kier alpha value is -0.640. The van der Waals surface area contributed by atoms with E-state index in [0.717, 1.165) is 19.3 Å². The van der Waals surface area contributed by atoms with Crippen molar-refractivity contribution in [2.45, 2.75) is 44.5 Å². The van der Waals surface area contributed by atoms with E-state index in [2.05, 4.69) is 29.8 Å². The van der Waals surface area contributed by atoms with E-state index in [9.17, 15) is 8.78 Å². The van der Waals surface area contributed by atoms with Crippen LogP contribution in [0.15, 0.2) is 12.1 Å². The fourth-order valence-corrected chi connectivity index (χ4v) is 2.90. The van der Waals surface area contributed by atoms with Gasteiger partial charge in [0, 0.05) is 5.33 Å². The second-order valence-corrected chi connectivity index (χ2v) is 6.09. The Morgan fingerprint density at radius 2 is 1.79 bits per heavy atom. The highest BCUT2D eigenvalue weighted by Crippen LogP contribution is 2.33. The molecule has 0 spiro atoms. The van der Waals surface area contributed by atoms with Crippen LogP contribution in [0.3, 0.4) is 0 Å². The highest BCUT2D eigenvalue weighted by molar-refractivity contribution is 9.08.